The molecule has 0 aliphatic carbocycles. The van der Waals surface area contributed by atoms with Crippen LogP contribution in [-0.4, -0.2) is 14.8 Å². The number of halogens is 1. The first kappa shape index (κ1) is 9.99. The minimum atomic E-state index is 0.779. The zero-order valence-electron chi connectivity index (χ0n) is 8.30. The van der Waals surface area contributed by atoms with Crippen molar-refractivity contribution in [1.82, 2.24) is 14.8 Å². The molecule has 16 heavy (non-hydrogen) atoms. The Labute approximate surface area is 105 Å². The third kappa shape index (κ3) is 1.76. The highest BCUT2D eigenvalue weighted by Gasteiger charge is 2.05. The number of thiophene rings is 1. The van der Waals surface area contributed by atoms with Gasteiger partial charge in [0.2, 0.25) is 0 Å². The fourth-order valence-corrected chi connectivity index (χ4v) is 2.63. The first-order valence-electron chi connectivity index (χ1n) is 4.81. The van der Waals surface area contributed by atoms with Gasteiger partial charge in [-0.05, 0) is 44.4 Å². The van der Waals surface area contributed by atoms with Crippen LogP contribution in [0.1, 0.15) is 5.56 Å². The van der Waals surface area contributed by atoms with Gasteiger partial charge in [0.05, 0.1) is 12.7 Å². The van der Waals surface area contributed by atoms with Gasteiger partial charge in [0, 0.05) is 16.1 Å². The molecular formula is C11H8BrN3S. The fourth-order valence-electron chi connectivity index (χ4n) is 1.62. The second kappa shape index (κ2) is 3.99. The summed E-state index contributed by atoms with van der Waals surface area (Å²) in [6.45, 7) is 0.779. The van der Waals surface area contributed by atoms with Crippen molar-refractivity contribution in [3.8, 4) is 0 Å². The Morgan fingerprint density at radius 2 is 2.31 bits per heavy atom. The highest BCUT2D eigenvalue weighted by Crippen LogP contribution is 2.18. The minimum absolute atomic E-state index is 0.779. The van der Waals surface area contributed by atoms with E-state index in [-0.39, 0.29) is 0 Å². The van der Waals surface area contributed by atoms with Gasteiger partial charge in [0.1, 0.15) is 0 Å². The van der Waals surface area contributed by atoms with Crippen molar-refractivity contribution < 1.29 is 0 Å². The maximum Gasteiger partial charge on any atom is 0.158 e. The van der Waals surface area contributed by atoms with Crippen LogP contribution in [-0.2, 0) is 6.54 Å². The van der Waals surface area contributed by atoms with Gasteiger partial charge in [-0.15, -0.1) is 0 Å². The highest BCUT2D eigenvalue weighted by atomic mass is 79.9. The molecule has 0 aliphatic rings. The largest absolute Gasteiger partial charge is 0.243 e. The number of rotatable bonds is 2. The summed E-state index contributed by atoms with van der Waals surface area (Å²) in [4.78, 5) is 4.38. The van der Waals surface area contributed by atoms with Crippen molar-refractivity contribution in [2.75, 3.05) is 0 Å². The van der Waals surface area contributed by atoms with Crippen molar-refractivity contribution in [1.29, 1.82) is 0 Å². The first-order valence-corrected chi connectivity index (χ1v) is 6.54. The SMILES string of the molecule is Brc1cnc2c(cnn2Cc2ccsc2)c1. The standard InChI is InChI=1S/C11H8BrN3S/c12-10-3-9-4-14-15(11(9)13-5-10)6-8-1-2-16-7-8/h1-5,7H,6H2. The van der Waals surface area contributed by atoms with Crippen molar-refractivity contribution in [3.63, 3.8) is 0 Å². The molecular weight excluding hydrogens is 286 g/mol. The molecule has 0 saturated heterocycles. The van der Waals surface area contributed by atoms with E-state index >= 15 is 0 Å². The Hall–Kier alpha value is -1.20. The molecule has 0 N–H and O–H groups in total. The average molecular weight is 294 g/mol. The minimum Gasteiger partial charge on any atom is -0.243 e. The van der Waals surface area contributed by atoms with E-state index in [1.165, 1.54) is 5.56 Å². The van der Waals surface area contributed by atoms with E-state index in [2.05, 4.69) is 42.8 Å². The summed E-state index contributed by atoms with van der Waals surface area (Å²) in [5.41, 5.74) is 2.19. The van der Waals surface area contributed by atoms with E-state index in [0.29, 0.717) is 0 Å². The number of aromatic nitrogens is 3. The molecule has 0 amide bonds. The van der Waals surface area contributed by atoms with Crippen molar-refractivity contribution >= 4 is 38.3 Å². The van der Waals surface area contributed by atoms with Crippen LogP contribution < -0.4 is 0 Å². The molecule has 80 valence electrons. The molecule has 3 rings (SSSR count). The van der Waals surface area contributed by atoms with Crippen LogP contribution in [0.25, 0.3) is 11.0 Å². The monoisotopic (exact) mass is 293 g/mol. The van der Waals surface area contributed by atoms with Crippen LogP contribution in [0.3, 0.4) is 0 Å². The summed E-state index contributed by atoms with van der Waals surface area (Å²) in [7, 11) is 0. The Morgan fingerprint density at radius 3 is 3.12 bits per heavy atom. The average Bonchev–Trinajstić information content (AvgIpc) is 2.89. The molecule has 0 atom stereocenters. The van der Waals surface area contributed by atoms with Gasteiger partial charge in [-0.25, -0.2) is 9.67 Å². The van der Waals surface area contributed by atoms with Gasteiger partial charge in [-0.3, -0.25) is 0 Å². The summed E-state index contributed by atoms with van der Waals surface area (Å²) >= 11 is 5.10. The summed E-state index contributed by atoms with van der Waals surface area (Å²) in [5, 5.41) is 9.61. The van der Waals surface area contributed by atoms with E-state index < -0.39 is 0 Å². The Kier molecular flexibility index (Phi) is 2.49. The van der Waals surface area contributed by atoms with E-state index in [4.69, 9.17) is 0 Å². The van der Waals surface area contributed by atoms with Gasteiger partial charge in [-0.2, -0.15) is 16.4 Å². The van der Waals surface area contributed by atoms with Crippen molar-refractivity contribution in [2.45, 2.75) is 6.54 Å². The Bertz CT molecular complexity index is 615. The van der Waals surface area contributed by atoms with Gasteiger partial charge in [0.25, 0.3) is 0 Å². The molecule has 0 aromatic carbocycles. The predicted octanol–water partition coefficient (Wildman–Crippen LogP) is 3.30. The quantitative estimate of drug-likeness (QED) is 0.726. The molecule has 0 spiro atoms. The summed E-state index contributed by atoms with van der Waals surface area (Å²) < 4.78 is 2.90. The summed E-state index contributed by atoms with van der Waals surface area (Å²) in [5.74, 6) is 0. The first-order chi connectivity index (χ1) is 7.83. The van der Waals surface area contributed by atoms with E-state index in [1.807, 2.05) is 16.9 Å². The molecule has 0 fully saturated rings. The maximum atomic E-state index is 4.38. The number of nitrogens with zero attached hydrogens (tertiary/aromatic N) is 3. The van der Waals surface area contributed by atoms with E-state index in [9.17, 15) is 0 Å². The molecule has 0 saturated carbocycles. The second-order valence-corrected chi connectivity index (χ2v) is 5.20. The third-order valence-electron chi connectivity index (χ3n) is 2.35. The second-order valence-electron chi connectivity index (χ2n) is 3.50. The van der Waals surface area contributed by atoms with Gasteiger partial charge in [-0.1, -0.05) is 0 Å². The van der Waals surface area contributed by atoms with Gasteiger partial charge in [0.15, 0.2) is 5.65 Å². The van der Waals surface area contributed by atoms with Gasteiger partial charge >= 0.3 is 0 Å². The maximum absolute atomic E-state index is 4.38. The predicted molar refractivity (Wildman–Crippen MR) is 68.6 cm³/mol. The zero-order valence-corrected chi connectivity index (χ0v) is 10.7. The van der Waals surface area contributed by atoms with Gasteiger partial charge < -0.3 is 0 Å². The number of hydrogen-bond donors (Lipinski definition) is 0. The van der Waals surface area contributed by atoms with Crippen molar-refractivity contribution in [3.05, 3.63) is 45.3 Å². The third-order valence-corrected chi connectivity index (χ3v) is 3.52. The lowest BCUT2D eigenvalue weighted by atomic mass is 10.3. The lowest BCUT2D eigenvalue weighted by Crippen LogP contribution is -2.01. The smallest absolute Gasteiger partial charge is 0.158 e. The molecule has 3 aromatic heterocycles. The number of hydrogen-bond acceptors (Lipinski definition) is 3. The molecule has 0 bridgehead atoms. The van der Waals surface area contributed by atoms with Crippen LogP contribution in [0.2, 0.25) is 0 Å². The van der Waals surface area contributed by atoms with E-state index in [0.717, 1.165) is 22.1 Å². The molecule has 3 aromatic rings. The molecule has 3 heterocycles. The van der Waals surface area contributed by atoms with Crippen LogP contribution in [0.5, 0.6) is 0 Å². The van der Waals surface area contributed by atoms with Crippen LogP contribution in [0, 0.1) is 0 Å². The van der Waals surface area contributed by atoms with Crippen molar-refractivity contribution in [2.24, 2.45) is 0 Å². The number of fused-ring (bicyclic) bond motifs is 1. The van der Waals surface area contributed by atoms with E-state index in [1.54, 1.807) is 17.5 Å². The molecule has 3 nitrogen and oxygen atoms in total. The van der Waals surface area contributed by atoms with Crippen LogP contribution >= 0.6 is 27.3 Å². The highest BCUT2D eigenvalue weighted by molar-refractivity contribution is 9.10. The molecule has 0 radical (unpaired) electrons. The Balaban J connectivity index is 2.04. The molecule has 0 unspecified atom stereocenters. The molecule has 0 aliphatic heterocycles. The summed E-state index contributed by atoms with van der Waals surface area (Å²) in [6, 6.07) is 4.14. The number of pyridine rings is 1. The molecule has 5 heteroatoms. The zero-order chi connectivity index (χ0) is 11.0. The topological polar surface area (TPSA) is 30.7 Å². The summed E-state index contributed by atoms with van der Waals surface area (Å²) in [6.07, 6.45) is 3.65. The Morgan fingerprint density at radius 1 is 1.38 bits per heavy atom. The fraction of sp³-hybridized carbons (Fsp3) is 0.0909. The lowest BCUT2D eigenvalue weighted by Gasteiger charge is -2.00. The normalized spacial score (nSPS) is 11.1. The van der Waals surface area contributed by atoms with Crippen LogP contribution in [0.4, 0.5) is 0 Å². The lowest BCUT2D eigenvalue weighted by molar-refractivity contribution is 0.706. The van der Waals surface area contributed by atoms with Crippen LogP contribution in [0.15, 0.2) is 39.8 Å².